The topological polar surface area (TPSA) is 80.4 Å². The first-order chi connectivity index (χ1) is 20.7. The Bertz CT molecular complexity index is 1480. The van der Waals surface area contributed by atoms with Crippen molar-refractivity contribution in [2.75, 3.05) is 54.1 Å². The van der Waals surface area contributed by atoms with Gasteiger partial charge < -0.3 is 26.2 Å². The summed E-state index contributed by atoms with van der Waals surface area (Å²) < 4.78 is 0. The fraction of sp³-hybridized carbons (Fsp3) is 0.294. The molecular weight excluding hydrogens is 556 g/mol. The minimum Gasteiger partial charge on any atom is -0.394 e. The molecule has 43 heavy (non-hydrogen) atoms. The predicted octanol–water partition coefficient (Wildman–Crippen LogP) is 7.23. The summed E-state index contributed by atoms with van der Waals surface area (Å²) in [5, 5.41) is 13.8. The monoisotopic (exact) mass is 598 g/mol. The fourth-order valence-corrected chi connectivity index (χ4v) is 5.16. The highest BCUT2D eigenvalue weighted by Crippen LogP contribution is 2.27. The van der Waals surface area contributed by atoms with Crippen molar-refractivity contribution in [3.8, 4) is 0 Å². The molecule has 2 aromatic heterocycles. The average Bonchev–Trinajstić information content (AvgIpc) is 2.99. The van der Waals surface area contributed by atoms with Gasteiger partial charge in [-0.15, -0.1) is 0 Å². The number of hydrogen-bond acceptors (Lipinski definition) is 8. The fourth-order valence-electron chi connectivity index (χ4n) is 4.95. The van der Waals surface area contributed by atoms with Crippen LogP contribution in [0.3, 0.4) is 0 Å². The number of benzene rings is 1. The van der Waals surface area contributed by atoms with Crippen molar-refractivity contribution in [2.24, 2.45) is 0 Å². The Balaban J connectivity index is 1.48. The van der Waals surface area contributed by atoms with E-state index in [1.807, 2.05) is 45.3 Å². The maximum Gasteiger partial charge on any atom is 0.130 e. The molecule has 9 heteroatoms. The van der Waals surface area contributed by atoms with Gasteiger partial charge in [-0.1, -0.05) is 30.8 Å². The van der Waals surface area contributed by atoms with Crippen LogP contribution in [0.4, 0.5) is 28.6 Å². The first kappa shape index (κ1) is 31.7. The number of anilines is 5. The van der Waals surface area contributed by atoms with Gasteiger partial charge in [0, 0.05) is 67.6 Å². The third-order valence-electron chi connectivity index (χ3n) is 7.53. The maximum absolute atomic E-state index is 6.01. The number of rotatable bonds is 12. The maximum atomic E-state index is 6.01. The van der Waals surface area contributed by atoms with E-state index in [1.165, 1.54) is 5.69 Å². The van der Waals surface area contributed by atoms with Crippen LogP contribution in [-0.2, 0) is 0 Å². The van der Waals surface area contributed by atoms with E-state index in [2.05, 4.69) is 92.3 Å². The molecule has 1 aromatic carbocycles. The molecule has 0 saturated carbocycles. The zero-order valence-corrected chi connectivity index (χ0v) is 26.6. The lowest BCUT2D eigenvalue weighted by molar-refractivity contribution is 0.209. The molecule has 4 N–H and O–H groups in total. The molecule has 0 aliphatic carbocycles. The van der Waals surface area contributed by atoms with Gasteiger partial charge in [-0.2, -0.15) is 0 Å². The number of piperazine rings is 1. The van der Waals surface area contributed by atoms with Crippen LogP contribution in [-0.4, -0.2) is 54.1 Å². The summed E-state index contributed by atoms with van der Waals surface area (Å²) in [5.41, 5.74) is 8.31. The number of pyridine rings is 2. The largest absolute Gasteiger partial charge is 0.394 e. The first-order valence-electron chi connectivity index (χ1n) is 14.6. The highest BCUT2D eigenvalue weighted by molar-refractivity contribution is 6.29. The molecule has 1 aliphatic rings. The molecule has 3 aromatic rings. The Hall–Kier alpha value is -4.27. The van der Waals surface area contributed by atoms with Gasteiger partial charge in [0.15, 0.2) is 0 Å². The van der Waals surface area contributed by atoms with Crippen molar-refractivity contribution in [1.29, 1.82) is 0 Å². The molecule has 8 nitrogen and oxygen atoms in total. The second kappa shape index (κ2) is 14.8. The number of allylic oxidation sites excluding steroid dienone is 2. The minimum atomic E-state index is 0.461. The van der Waals surface area contributed by atoms with E-state index in [0.29, 0.717) is 17.0 Å². The van der Waals surface area contributed by atoms with Gasteiger partial charge in [-0.25, -0.2) is 9.97 Å². The van der Waals surface area contributed by atoms with E-state index in [0.717, 1.165) is 71.3 Å². The Morgan fingerprint density at radius 1 is 0.953 bits per heavy atom. The van der Waals surface area contributed by atoms with Gasteiger partial charge in [-0.3, -0.25) is 4.90 Å². The Morgan fingerprint density at radius 3 is 2.23 bits per heavy atom. The molecule has 1 fully saturated rings. The van der Waals surface area contributed by atoms with Crippen LogP contribution < -0.4 is 26.2 Å². The molecular formula is C34H43ClN8. The minimum absolute atomic E-state index is 0.461. The smallest absolute Gasteiger partial charge is 0.130 e. The van der Waals surface area contributed by atoms with Crippen molar-refractivity contribution >= 4 is 40.2 Å². The molecule has 226 valence electrons. The lowest BCUT2D eigenvalue weighted by atomic mass is 10.1. The molecule has 0 radical (unpaired) electrons. The van der Waals surface area contributed by atoms with Gasteiger partial charge in [0.25, 0.3) is 0 Å². The Morgan fingerprint density at radius 2 is 1.63 bits per heavy atom. The van der Waals surface area contributed by atoms with Gasteiger partial charge >= 0.3 is 0 Å². The second-order valence-electron chi connectivity index (χ2n) is 10.9. The summed E-state index contributed by atoms with van der Waals surface area (Å²) in [7, 11) is 1.86. The van der Waals surface area contributed by atoms with Crippen molar-refractivity contribution < 1.29 is 0 Å². The third-order valence-corrected chi connectivity index (χ3v) is 7.74. The summed E-state index contributed by atoms with van der Waals surface area (Å²) in [6.07, 6.45) is 9.14. The zero-order chi connectivity index (χ0) is 30.9. The van der Waals surface area contributed by atoms with Crippen LogP contribution in [0.1, 0.15) is 25.0 Å². The molecule has 3 heterocycles. The van der Waals surface area contributed by atoms with Crippen LogP contribution in [0, 0.1) is 13.8 Å². The average molecular weight is 599 g/mol. The molecule has 1 aliphatic heterocycles. The number of aromatic nitrogens is 2. The Kier molecular flexibility index (Phi) is 10.9. The van der Waals surface area contributed by atoms with E-state index in [1.54, 1.807) is 18.5 Å². The van der Waals surface area contributed by atoms with Crippen LogP contribution in [0.2, 0.25) is 5.15 Å². The molecule has 4 rings (SSSR count). The van der Waals surface area contributed by atoms with Gasteiger partial charge in [0.05, 0.1) is 23.8 Å². The first-order valence-corrected chi connectivity index (χ1v) is 14.9. The van der Waals surface area contributed by atoms with E-state index in [4.69, 9.17) is 11.6 Å². The zero-order valence-electron chi connectivity index (χ0n) is 25.8. The van der Waals surface area contributed by atoms with Gasteiger partial charge in [0.1, 0.15) is 11.0 Å². The summed E-state index contributed by atoms with van der Waals surface area (Å²) >= 11 is 6.01. The number of aryl methyl sites for hydroxylation is 2. The van der Waals surface area contributed by atoms with Gasteiger partial charge in [-0.05, 0) is 87.5 Å². The number of hydrogen-bond donors (Lipinski definition) is 4. The van der Waals surface area contributed by atoms with Crippen LogP contribution in [0.5, 0.6) is 0 Å². The quantitative estimate of drug-likeness (QED) is 0.128. The predicted molar refractivity (Wildman–Crippen MR) is 183 cm³/mol. The summed E-state index contributed by atoms with van der Waals surface area (Å²) in [5.74, 6) is 0.715. The van der Waals surface area contributed by atoms with Crippen LogP contribution in [0.25, 0.3) is 0 Å². The highest BCUT2D eigenvalue weighted by atomic mass is 35.5. The highest BCUT2D eigenvalue weighted by Gasteiger charge is 2.19. The van der Waals surface area contributed by atoms with Gasteiger partial charge in [0.2, 0.25) is 0 Å². The number of nitrogens with one attached hydrogen (secondary N) is 4. The van der Waals surface area contributed by atoms with E-state index < -0.39 is 0 Å². The number of nitrogens with zero attached hydrogens (tertiary/aromatic N) is 4. The van der Waals surface area contributed by atoms with Crippen LogP contribution in [0.15, 0.2) is 97.3 Å². The molecule has 0 bridgehead atoms. The Labute approximate surface area is 261 Å². The van der Waals surface area contributed by atoms with E-state index in [-0.39, 0.29) is 0 Å². The normalized spacial score (nSPS) is 14.4. The molecule has 0 atom stereocenters. The van der Waals surface area contributed by atoms with Crippen molar-refractivity contribution in [1.82, 2.24) is 20.2 Å². The van der Waals surface area contributed by atoms with E-state index in [9.17, 15) is 0 Å². The van der Waals surface area contributed by atoms with Crippen LogP contribution >= 0.6 is 11.6 Å². The summed E-state index contributed by atoms with van der Waals surface area (Å²) in [4.78, 5) is 13.8. The lowest BCUT2D eigenvalue weighted by Crippen LogP contribution is -2.48. The van der Waals surface area contributed by atoms with Crippen molar-refractivity contribution in [3.05, 3.63) is 114 Å². The molecule has 0 unspecified atom stereocenters. The third kappa shape index (κ3) is 8.40. The summed E-state index contributed by atoms with van der Waals surface area (Å²) in [6.45, 7) is 21.2. The molecule has 0 amide bonds. The van der Waals surface area contributed by atoms with Crippen molar-refractivity contribution in [2.45, 2.75) is 33.7 Å². The molecule has 1 saturated heterocycles. The summed E-state index contributed by atoms with van der Waals surface area (Å²) in [6, 6.07) is 12.9. The number of halogens is 1. The second-order valence-corrected chi connectivity index (χ2v) is 11.3. The van der Waals surface area contributed by atoms with Crippen molar-refractivity contribution in [3.63, 3.8) is 0 Å². The lowest BCUT2D eigenvalue weighted by Gasteiger charge is -2.38. The molecule has 0 spiro atoms. The standard InChI is InChI=1S/C34H43ClN8/c1-8-29(26(6)39-27-9-11-28(12-10-27)43-17-15-42(16-18-43)23(2)3)30(13-14-36-7)40-31-22-38-34(20-25(31)5)41-32-21-37-33(35)19-24(32)4/h8-14,19-23,36,39-40H,1,6,15-18H2,2-5,7H3,(H,38,41)/b14-13-,30-29-. The van der Waals surface area contributed by atoms with E-state index >= 15 is 0 Å². The SMILES string of the molecule is C=C/C(C(=C)Nc1ccc(N2CCN(C(C)C)CC2)cc1)=C(\C=C/NC)Nc1cnc(Nc2cnc(Cl)cc2C)cc1C.